The predicted octanol–water partition coefficient (Wildman–Crippen LogP) is 6.10. The van der Waals surface area contributed by atoms with Crippen LogP contribution < -0.4 is 0 Å². The maximum Gasteiger partial charge on any atom is 0.416 e. The molecule has 4 aromatic carbocycles. The van der Waals surface area contributed by atoms with Crippen molar-refractivity contribution < 1.29 is 31.2 Å². The zero-order chi connectivity index (χ0) is 24.8. The van der Waals surface area contributed by atoms with Gasteiger partial charge >= 0.3 is 6.18 Å². The van der Waals surface area contributed by atoms with Crippen molar-refractivity contribution in [2.45, 2.75) is 25.8 Å². The molecular weight excluding hydrogens is 485 g/mol. The molecule has 0 heterocycles. The maximum atomic E-state index is 12.0. The Hall–Kier alpha value is -3.27. The SMILES string of the molecule is O=S(=O)([O-])c1ccc(C(F)(F)F)cc1.Oc1ccc([S+](c2ccccc2)c2ccccc2)cc1. The molecule has 0 saturated heterocycles. The van der Waals surface area contributed by atoms with E-state index in [1.165, 1.54) is 14.7 Å². The topological polar surface area (TPSA) is 77.4 Å². The molecule has 0 aliphatic carbocycles. The summed E-state index contributed by atoms with van der Waals surface area (Å²) in [6, 6.07) is 30.8. The monoisotopic (exact) mass is 504 g/mol. The third-order valence-corrected chi connectivity index (χ3v) is 7.58. The summed E-state index contributed by atoms with van der Waals surface area (Å²) in [6.07, 6.45) is -4.54. The number of aromatic hydroxyl groups is 1. The van der Waals surface area contributed by atoms with Crippen molar-refractivity contribution in [2.75, 3.05) is 0 Å². The third-order valence-electron chi connectivity index (χ3n) is 4.50. The van der Waals surface area contributed by atoms with Crippen LogP contribution in [0, 0.1) is 0 Å². The number of phenols is 1. The molecular formula is C25H19F3O4S2. The Balaban J connectivity index is 0.000000204. The van der Waals surface area contributed by atoms with Crippen molar-refractivity contribution >= 4 is 21.0 Å². The first-order valence-corrected chi connectivity index (χ1v) is 12.5. The highest BCUT2D eigenvalue weighted by Gasteiger charge is 2.30. The molecule has 4 rings (SSSR count). The number of phenolic OH excluding ortho intramolecular Hbond substituents is 1. The van der Waals surface area contributed by atoms with Gasteiger partial charge in [-0.05, 0) is 72.8 Å². The van der Waals surface area contributed by atoms with Crippen molar-refractivity contribution in [3.05, 3.63) is 115 Å². The Morgan fingerprint density at radius 3 is 1.44 bits per heavy atom. The summed E-state index contributed by atoms with van der Waals surface area (Å²) in [7, 11) is -4.82. The molecule has 0 bridgehead atoms. The van der Waals surface area contributed by atoms with Crippen LogP contribution in [0.15, 0.2) is 129 Å². The van der Waals surface area contributed by atoms with Crippen LogP contribution in [0.3, 0.4) is 0 Å². The third kappa shape index (κ3) is 6.86. The lowest BCUT2D eigenvalue weighted by Crippen LogP contribution is -2.05. The van der Waals surface area contributed by atoms with E-state index in [0.29, 0.717) is 30.0 Å². The average Bonchev–Trinajstić information content (AvgIpc) is 2.81. The maximum absolute atomic E-state index is 12.0. The van der Waals surface area contributed by atoms with Gasteiger partial charge in [0.05, 0.1) is 21.4 Å². The number of halogens is 3. The normalized spacial score (nSPS) is 11.6. The first-order valence-electron chi connectivity index (χ1n) is 9.82. The molecule has 0 aliphatic rings. The van der Waals surface area contributed by atoms with Gasteiger partial charge in [-0.2, -0.15) is 13.2 Å². The number of hydrogen-bond acceptors (Lipinski definition) is 4. The van der Waals surface area contributed by atoms with Gasteiger partial charge in [-0.25, -0.2) is 8.42 Å². The molecule has 4 aromatic rings. The highest BCUT2D eigenvalue weighted by Crippen LogP contribution is 2.32. The Bertz CT molecular complexity index is 1250. The Morgan fingerprint density at radius 2 is 1.06 bits per heavy atom. The summed E-state index contributed by atoms with van der Waals surface area (Å²) in [5.41, 5.74) is -0.995. The standard InChI is InChI=1S/C18H14OS.C7H5F3O3S/c19-15-11-13-18(14-12-15)20(16-7-3-1-4-8-16)17-9-5-2-6-10-17;8-7(9,10)5-1-3-6(4-2-5)14(11,12)13/h1-14H;1-4H,(H,11,12,13). The van der Waals surface area contributed by atoms with Crippen LogP contribution in [0.5, 0.6) is 5.75 Å². The first kappa shape index (κ1) is 25.4. The van der Waals surface area contributed by atoms with Gasteiger partial charge in [0.2, 0.25) is 0 Å². The minimum atomic E-state index is -4.68. The lowest BCUT2D eigenvalue weighted by Gasteiger charge is -2.09. The van der Waals surface area contributed by atoms with Gasteiger partial charge < -0.3 is 9.66 Å². The number of benzene rings is 4. The molecule has 0 fully saturated rings. The van der Waals surface area contributed by atoms with Gasteiger partial charge in [-0.3, -0.25) is 0 Å². The van der Waals surface area contributed by atoms with Gasteiger partial charge in [-0.15, -0.1) is 0 Å². The molecule has 0 spiro atoms. The highest BCUT2D eigenvalue weighted by molar-refractivity contribution is 7.97. The van der Waals surface area contributed by atoms with Crippen molar-refractivity contribution in [3.63, 3.8) is 0 Å². The lowest BCUT2D eigenvalue weighted by molar-refractivity contribution is -0.137. The molecule has 1 N–H and O–H groups in total. The molecule has 0 aliphatic heterocycles. The summed E-state index contributed by atoms with van der Waals surface area (Å²) in [5.74, 6) is 0.304. The average molecular weight is 505 g/mol. The van der Waals surface area contributed by atoms with Crippen molar-refractivity contribution in [3.8, 4) is 5.75 Å². The largest absolute Gasteiger partial charge is 0.744 e. The second-order valence-corrected chi connectivity index (χ2v) is 10.3. The minimum absolute atomic E-state index is 0.134. The molecule has 176 valence electrons. The summed E-state index contributed by atoms with van der Waals surface area (Å²) in [6.45, 7) is 0. The van der Waals surface area contributed by atoms with Crippen LogP contribution in [-0.4, -0.2) is 18.1 Å². The first-order chi connectivity index (χ1) is 16.1. The second-order valence-electron chi connectivity index (χ2n) is 6.90. The van der Waals surface area contributed by atoms with Crippen LogP contribution in [0.1, 0.15) is 5.56 Å². The summed E-state index contributed by atoms with van der Waals surface area (Å²) < 4.78 is 67.0. The quantitative estimate of drug-likeness (QED) is 0.269. The molecule has 0 amide bonds. The molecule has 0 atom stereocenters. The summed E-state index contributed by atoms with van der Waals surface area (Å²) in [4.78, 5) is 3.10. The predicted molar refractivity (Wildman–Crippen MR) is 123 cm³/mol. The number of alkyl halides is 3. The van der Waals surface area contributed by atoms with E-state index in [1.807, 2.05) is 24.3 Å². The molecule has 0 saturated carbocycles. The fourth-order valence-electron chi connectivity index (χ4n) is 2.91. The van der Waals surface area contributed by atoms with Crippen molar-refractivity contribution in [1.29, 1.82) is 0 Å². The molecule has 9 heteroatoms. The number of hydrogen-bond donors (Lipinski definition) is 1. The fourth-order valence-corrected chi connectivity index (χ4v) is 5.47. The highest BCUT2D eigenvalue weighted by atomic mass is 32.2. The van der Waals surface area contributed by atoms with Crippen LogP contribution in [0.2, 0.25) is 0 Å². The second kappa shape index (κ2) is 10.8. The van der Waals surface area contributed by atoms with E-state index in [1.54, 1.807) is 12.1 Å². The molecule has 0 unspecified atom stereocenters. The van der Waals surface area contributed by atoms with Gasteiger partial charge in [0, 0.05) is 0 Å². The van der Waals surface area contributed by atoms with Gasteiger partial charge in [0.15, 0.2) is 14.7 Å². The van der Waals surface area contributed by atoms with E-state index in [4.69, 9.17) is 0 Å². The zero-order valence-electron chi connectivity index (χ0n) is 17.5. The van der Waals surface area contributed by atoms with E-state index in [0.717, 1.165) is 0 Å². The summed E-state index contributed by atoms with van der Waals surface area (Å²) in [5, 5.41) is 9.48. The van der Waals surface area contributed by atoms with E-state index in [-0.39, 0.29) is 10.9 Å². The van der Waals surface area contributed by atoms with Crippen molar-refractivity contribution in [2.24, 2.45) is 0 Å². The molecule has 4 nitrogen and oxygen atoms in total. The summed E-state index contributed by atoms with van der Waals surface area (Å²) >= 11 is 0. The fraction of sp³-hybridized carbons (Fsp3) is 0.0400. The van der Waals surface area contributed by atoms with Crippen LogP contribution in [-0.2, 0) is 27.2 Å². The van der Waals surface area contributed by atoms with Gasteiger partial charge in [0.25, 0.3) is 0 Å². The number of rotatable bonds is 4. The van der Waals surface area contributed by atoms with E-state index in [9.17, 15) is 31.2 Å². The van der Waals surface area contributed by atoms with Gasteiger partial charge in [-0.1, -0.05) is 36.4 Å². The Labute approximate surface area is 198 Å². The smallest absolute Gasteiger partial charge is 0.416 e. The van der Waals surface area contributed by atoms with Crippen LogP contribution in [0.25, 0.3) is 0 Å². The van der Waals surface area contributed by atoms with Crippen molar-refractivity contribution in [1.82, 2.24) is 0 Å². The molecule has 34 heavy (non-hydrogen) atoms. The van der Waals surface area contributed by atoms with Crippen LogP contribution in [0.4, 0.5) is 13.2 Å². The zero-order valence-corrected chi connectivity index (χ0v) is 19.1. The lowest BCUT2D eigenvalue weighted by atomic mass is 10.2. The Kier molecular flexibility index (Phi) is 8.03. The van der Waals surface area contributed by atoms with E-state index in [2.05, 4.69) is 48.5 Å². The van der Waals surface area contributed by atoms with E-state index < -0.39 is 26.8 Å². The minimum Gasteiger partial charge on any atom is -0.744 e. The Morgan fingerprint density at radius 1 is 0.647 bits per heavy atom. The van der Waals surface area contributed by atoms with Gasteiger partial charge in [0.1, 0.15) is 15.9 Å². The molecule has 0 radical (unpaired) electrons. The van der Waals surface area contributed by atoms with E-state index >= 15 is 0 Å². The molecule has 0 aromatic heterocycles. The van der Waals surface area contributed by atoms with Crippen LogP contribution >= 0.6 is 0 Å².